The van der Waals surface area contributed by atoms with Gasteiger partial charge in [0.05, 0.1) is 0 Å². The summed E-state index contributed by atoms with van der Waals surface area (Å²) in [5, 5.41) is 0. The molecule has 0 saturated carbocycles. The normalized spacial score (nSPS) is 3.00. The van der Waals surface area contributed by atoms with Crippen LogP contribution in [0.15, 0.2) is 25.3 Å². The van der Waals surface area contributed by atoms with Crippen molar-refractivity contribution in [1.82, 2.24) is 0 Å². The molecule has 0 radical (unpaired) electrons. The first-order chi connectivity index (χ1) is 2.83. The van der Waals surface area contributed by atoms with Crippen LogP contribution in [0.1, 0.15) is 0 Å². The van der Waals surface area contributed by atoms with Crippen molar-refractivity contribution in [3.63, 3.8) is 0 Å². The molecule has 0 aliphatic carbocycles. The summed E-state index contributed by atoms with van der Waals surface area (Å²) in [6, 6.07) is 0. The third-order valence-electron chi connectivity index (χ3n) is 0. The smallest absolute Gasteiger partial charge is 0.245 e. The largest absolute Gasteiger partial charge is 2.00 e. The molecule has 0 atom stereocenters. The predicted molar refractivity (Wildman–Crippen MR) is 38.4 cm³/mol. The second-order valence-electron chi connectivity index (χ2n) is 0.577. The molecule has 0 fully saturated rings. The number of hydrogen-bond acceptors (Lipinski definition) is 0. The van der Waals surface area contributed by atoms with Gasteiger partial charge in [0.1, 0.15) is 0 Å². The van der Waals surface area contributed by atoms with E-state index >= 15 is 0 Å². The van der Waals surface area contributed by atoms with Crippen LogP contribution in [0.4, 0.5) is 0 Å². The van der Waals surface area contributed by atoms with Crippen molar-refractivity contribution in [3.05, 3.63) is 39.2 Å². The van der Waals surface area contributed by atoms with Crippen LogP contribution >= 0.6 is 12.4 Å². The zero-order chi connectivity index (χ0) is 5.41. The molecule has 0 N–H and O–H groups in total. The summed E-state index contributed by atoms with van der Waals surface area (Å²) in [6.07, 6.45) is 3.00. The Morgan fingerprint density at radius 1 is 1.00 bits per heavy atom. The Morgan fingerprint density at radius 3 is 1.00 bits per heavy atom. The van der Waals surface area contributed by atoms with E-state index in [9.17, 15) is 0 Å². The second-order valence-corrected chi connectivity index (χ2v) is 0.577. The topological polar surface area (TPSA) is 0 Å². The Balaban J connectivity index is -0.0000000160. The summed E-state index contributed by atoms with van der Waals surface area (Å²) >= 11 is 0. The van der Waals surface area contributed by atoms with Gasteiger partial charge in [-0.05, 0) is 0 Å². The summed E-state index contributed by atoms with van der Waals surface area (Å²) in [5.41, 5.74) is 0. The van der Waals surface area contributed by atoms with Gasteiger partial charge < -0.3 is 0 Å². The molecular formula is C6H11ClTi. The van der Waals surface area contributed by atoms with Crippen LogP contribution in [0.2, 0.25) is 0 Å². The Morgan fingerprint density at radius 2 is 1.00 bits per heavy atom. The first kappa shape index (κ1) is 24.1. The number of allylic oxidation sites excluding steroid dienone is 2. The molecule has 0 amide bonds. The average Bonchev–Trinajstić information content (AvgIpc) is 1.39. The Bertz CT molecular complexity index is 29.5. The van der Waals surface area contributed by atoms with Gasteiger partial charge in [0.25, 0.3) is 0 Å². The van der Waals surface area contributed by atoms with E-state index in [2.05, 4.69) is 27.0 Å². The summed E-state index contributed by atoms with van der Waals surface area (Å²) < 4.78 is 0. The molecule has 0 heterocycles. The maximum atomic E-state index is 3.25. The van der Waals surface area contributed by atoms with E-state index in [1.54, 1.807) is 0 Å². The van der Waals surface area contributed by atoms with E-state index in [4.69, 9.17) is 0 Å². The van der Waals surface area contributed by atoms with Crippen LogP contribution in [0.5, 0.6) is 0 Å². The maximum Gasteiger partial charge on any atom is 2.00 e. The van der Waals surface area contributed by atoms with Crippen molar-refractivity contribution >= 4 is 12.4 Å². The van der Waals surface area contributed by atoms with Crippen LogP contribution in [0.3, 0.4) is 0 Å². The quantitative estimate of drug-likeness (QED) is 0.383. The first-order valence-electron chi connectivity index (χ1n) is 1.63. The van der Waals surface area contributed by atoms with Gasteiger partial charge in [0, 0.05) is 0 Å². The summed E-state index contributed by atoms with van der Waals surface area (Å²) in [5.74, 6) is 0. The van der Waals surface area contributed by atoms with Crippen LogP contribution in [0, 0.1) is 13.8 Å². The third-order valence-corrected chi connectivity index (χ3v) is 0. The average molecular weight is 166 g/mol. The van der Waals surface area contributed by atoms with E-state index in [-0.39, 0.29) is 34.1 Å². The molecule has 0 aliphatic heterocycles. The van der Waals surface area contributed by atoms with E-state index in [0.717, 1.165) is 0 Å². The van der Waals surface area contributed by atoms with Crippen molar-refractivity contribution in [2.75, 3.05) is 0 Å². The van der Waals surface area contributed by atoms with E-state index in [1.807, 2.05) is 0 Å². The maximum absolute atomic E-state index is 3.25. The van der Waals surface area contributed by atoms with Crippen LogP contribution in [-0.2, 0) is 21.7 Å². The minimum atomic E-state index is 0. The van der Waals surface area contributed by atoms with Crippen LogP contribution in [0.25, 0.3) is 0 Å². The predicted octanol–water partition coefficient (Wildman–Crippen LogP) is 2.43. The minimum Gasteiger partial charge on any atom is -0.245 e. The van der Waals surface area contributed by atoms with Crippen LogP contribution < -0.4 is 0 Å². The number of halogens is 1. The van der Waals surface area contributed by atoms with Crippen molar-refractivity contribution in [3.8, 4) is 0 Å². The number of rotatable bonds is 0. The molecule has 0 aromatic carbocycles. The molecular weight excluding hydrogens is 155 g/mol. The van der Waals surface area contributed by atoms with E-state index in [0.29, 0.717) is 0 Å². The van der Waals surface area contributed by atoms with Gasteiger partial charge in [0.15, 0.2) is 0 Å². The molecule has 8 heavy (non-hydrogen) atoms. The molecule has 0 bridgehead atoms. The van der Waals surface area contributed by atoms with E-state index < -0.39 is 0 Å². The molecule has 0 nitrogen and oxygen atoms in total. The Labute approximate surface area is 73.3 Å². The molecule has 0 saturated heterocycles. The van der Waals surface area contributed by atoms with Gasteiger partial charge >= 0.3 is 21.7 Å². The van der Waals surface area contributed by atoms with Gasteiger partial charge in [-0.25, -0.2) is 39.2 Å². The molecule has 0 unspecified atom stereocenters. The summed E-state index contributed by atoms with van der Waals surface area (Å²) in [7, 11) is 0. The van der Waals surface area contributed by atoms with Gasteiger partial charge in [-0.1, -0.05) is 0 Å². The van der Waals surface area contributed by atoms with Gasteiger partial charge in [0.2, 0.25) is 0 Å². The minimum absolute atomic E-state index is 0. The summed E-state index contributed by atoms with van der Waals surface area (Å²) in [4.78, 5) is 0. The number of hydrogen-bond donors (Lipinski definition) is 0. The first-order valence-corrected chi connectivity index (χ1v) is 1.63. The molecule has 0 aromatic rings. The fourth-order valence-corrected chi connectivity index (χ4v) is 0. The molecule has 0 spiro atoms. The van der Waals surface area contributed by atoms with E-state index in [1.165, 1.54) is 12.2 Å². The Kier molecular flexibility index (Phi) is 170. The molecule has 0 aromatic heterocycles. The Hall–Kier alpha value is 0.224. The van der Waals surface area contributed by atoms with Gasteiger partial charge in [-0.3, -0.25) is 0 Å². The zero-order valence-corrected chi connectivity index (χ0v) is 7.27. The second kappa shape index (κ2) is 56.6. The molecule has 0 rings (SSSR count). The molecule has 0 aliphatic rings. The van der Waals surface area contributed by atoms with Crippen molar-refractivity contribution in [2.45, 2.75) is 0 Å². The fraction of sp³-hybridized carbons (Fsp3) is 0. The van der Waals surface area contributed by atoms with Crippen LogP contribution in [-0.4, -0.2) is 0 Å². The van der Waals surface area contributed by atoms with Crippen molar-refractivity contribution in [2.24, 2.45) is 0 Å². The molecule has 46 valence electrons. The zero-order valence-electron chi connectivity index (χ0n) is 4.89. The SMILES string of the molecule is C=C[CH2-].C=C[CH2-].Cl.[Ti+2]. The van der Waals surface area contributed by atoms with Gasteiger partial charge in [-0.2, -0.15) is 0 Å². The standard InChI is InChI=1S/2C3H5.ClH.Ti/c2*1-3-2;;/h2*3H,1-2H2;1H;/q2*-1;;+2. The fourth-order valence-electron chi connectivity index (χ4n) is 0. The van der Waals surface area contributed by atoms with Crippen molar-refractivity contribution < 1.29 is 21.7 Å². The third kappa shape index (κ3) is 3380. The molecule has 2 heteroatoms. The van der Waals surface area contributed by atoms with Gasteiger partial charge in [-0.15, -0.1) is 12.4 Å². The van der Waals surface area contributed by atoms with Crippen molar-refractivity contribution in [1.29, 1.82) is 0 Å². The monoisotopic (exact) mass is 166 g/mol. The summed E-state index contributed by atoms with van der Waals surface area (Å²) in [6.45, 7) is 13.0.